The van der Waals surface area contributed by atoms with Gasteiger partial charge in [0.2, 0.25) is 0 Å². The van der Waals surface area contributed by atoms with Crippen LogP contribution in [0.5, 0.6) is 5.75 Å². The first kappa shape index (κ1) is 14.0. The molecule has 0 atom stereocenters. The zero-order chi connectivity index (χ0) is 14.7. The Hall–Kier alpha value is -1.94. The van der Waals surface area contributed by atoms with E-state index in [1.165, 1.54) is 25.0 Å². The molecule has 110 valence electrons. The molecule has 0 heterocycles. The summed E-state index contributed by atoms with van der Waals surface area (Å²) in [5.41, 5.74) is 1.54. The van der Waals surface area contributed by atoms with Crippen molar-refractivity contribution in [3.63, 3.8) is 0 Å². The van der Waals surface area contributed by atoms with Crippen molar-refractivity contribution in [2.24, 2.45) is 0 Å². The summed E-state index contributed by atoms with van der Waals surface area (Å²) in [5.74, 6) is -0.426. The third-order valence-electron chi connectivity index (χ3n) is 3.45. The Morgan fingerprint density at radius 1 is 1.05 bits per heavy atom. The Kier molecular flexibility index (Phi) is 4.15. The lowest BCUT2D eigenvalue weighted by Crippen LogP contribution is -2.16. The molecule has 0 amide bonds. The molecule has 2 aromatic rings. The topological polar surface area (TPSA) is 21.3 Å². The average molecular weight is 289 g/mol. The second-order valence-corrected chi connectivity index (χ2v) is 5.33. The average Bonchev–Trinajstić information content (AvgIpc) is 3.27. The second kappa shape index (κ2) is 6.22. The molecule has 2 nitrogen and oxygen atoms in total. The van der Waals surface area contributed by atoms with Crippen molar-refractivity contribution in [2.75, 3.05) is 0 Å². The lowest BCUT2D eigenvalue weighted by Gasteiger charge is -2.12. The minimum atomic E-state index is -0.586. The molecule has 1 fully saturated rings. The SMILES string of the molecule is Fc1cc(F)cc(COc2ccccc2CNC2CC2)c1. The van der Waals surface area contributed by atoms with Crippen LogP contribution in [0.15, 0.2) is 42.5 Å². The zero-order valence-corrected chi connectivity index (χ0v) is 11.6. The van der Waals surface area contributed by atoms with E-state index in [0.29, 0.717) is 11.6 Å². The molecule has 3 rings (SSSR count). The van der Waals surface area contributed by atoms with Crippen LogP contribution in [0.4, 0.5) is 8.78 Å². The third kappa shape index (κ3) is 4.02. The molecule has 1 saturated carbocycles. The van der Waals surface area contributed by atoms with Crippen LogP contribution >= 0.6 is 0 Å². The Labute approximate surface area is 122 Å². The maximum absolute atomic E-state index is 13.1. The van der Waals surface area contributed by atoms with Crippen LogP contribution in [0.1, 0.15) is 24.0 Å². The molecule has 0 aliphatic heterocycles. The van der Waals surface area contributed by atoms with Gasteiger partial charge in [-0.3, -0.25) is 0 Å². The first-order valence-corrected chi connectivity index (χ1v) is 7.10. The molecular formula is C17H17F2NO. The van der Waals surface area contributed by atoms with E-state index in [9.17, 15) is 8.78 Å². The molecule has 4 heteroatoms. The van der Waals surface area contributed by atoms with Crippen molar-refractivity contribution in [1.82, 2.24) is 5.32 Å². The van der Waals surface area contributed by atoms with Crippen molar-refractivity contribution in [3.05, 3.63) is 65.2 Å². The van der Waals surface area contributed by atoms with Crippen molar-refractivity contribution >= 4 is 0 Å². The molecule has 2 aromatic carbocycles. The van der Waals surface area contributed by atoms with Crippen molar-refractivity contribution in [2.45, 2.75) is 32.0 Å². The van der Waals surface area contributed by atoms with Crippen molar-refractivity contribution in [3.8, 4) is 5.75 Å². The van der Waals surface area contributed by atoms with E-state index in [0.717, 1.165) is 23.9 Å². The molecule has 0 unspecified atom stereocenters. The summed E-state index contributed by atoms with van der Waals surface area (Å²) in [6.45, 7) is 0.896. The lowest BCUT2D eigenvalue weighted by atomic mass is 10.2. The summed E-state index contributed by atoms with van der Waals surface area (Å²) in [6.07, 6.45) is 2.46. The minimum absolute atomic E-state index is 0.148. The van der Waals surface area contributed by atoms with Gasteiger partial charge < -0.3 is 10.1 Å². The van der Waals surface area contributed by atoms with Gasteiger partial charge in [-0.05, 0) is 36.6 Å². The monoisotopic (exact) mass is 289 g/mol. The van der Waals surface area contributed by atoms with Crippen LogP contribution in [-0.2, 0) is 13.2 Å². The van der Waals surface area contributed by atoms with Gasteiger partial charge in [-0.2, -0.15) is 0 Å². The number of para-hydroxylation sites is 1. The fourth-order valence-electron chi connectivity index (χ4n) is 2.19. The summed E-state index contributed by atoms with van der Waals surface area (Å²) >= 11 is 0. The van der Waals surface area contributed by atoms with Crippen molar-refractivity contribution < 1.29 is 13.5 Å². The number of rotatable bonds is 6. The van der Waals surface area contributed by atoms with Gasteiger partial charge >= 0.3 is 0 Å². The molecule has 0 radical (unpaired) electrons. The molecule has 1 aliphatic carbocycles. The highest BCUT2D eigenvalue weighted by Crippen LogP contribution is 2.23. The van der Waals surface area contributed by atoms with E-state index in [1.807, 2.05) is 24.3 Å². The van der Waals surface area contributed by atoms with Gasteiger partial charge in [0, 0.05) is 24.2 Å². The van der Waals surface area contributed by atoms with Gasteiger partial charge in [0.05, 0.1) is 0 Å². The molecule has 0 aromatic heterocycles. The van der Waals surface area contributed by atoms with E-state index in [1.54, 1.807) is 0 Å². The summed E-state index contributed by atoms with van der Waals surface area (Å²) in [4.78, 5) is 0. The highest BCUT2D eigenvalue weighted by molar-refractivity contribution is 5.33. The normalized spacial score (nSPS) is 14.2. The summed E-state index contributed by atoms with van der Waals surface area (Å²) in [6, 6.07) is 11.8. The van der Waals surface area contributed by atoms with Gasteiger partial charge in [0.1, 0.15) is 24.0 Å². The standard InChI is InChI=1S/C17H17F2NO/c18-14-7-12(8-15(19)9-14)11-21-17-4-2-1-3-13(17)10-20-16-5-6-16/h1-4,7-9,16,20H,5-6,10-11H2. The van der Waals surface area contributed by atoms with Crippen LogP contribution in [-0.4, -0.2) is 6.04 Å². The maximum atomic E-state index is 13.1. The van der Waals surface area contributed by atoms with Crippen LogP contribution in [0.3, 0.4) is 0 Å². The van der Waals surface area contributed by atoms with Crippen LogP contribution in [0.2, 0.25) is 0 Å². The molecule has 0 spiro atoms. The van der Waals surface area contributed by atoms with Crippen molar-refractivity contribution in [1.29, 1.82) is 0 Å². The minimum Gasteiger partial charge on any atom is -0.489 e. The Morgan fingerprint density at radius 2 is 1.76 bits per heavy atom. The van der Waals surface area contributed by atoms with E-state index in [-0.39, 0.29) is 6.61 Å². The summed E-state index contributed by atoms with van der Waals surface area (Å²) < 4.78 is 32.0. The van der Waals surface area contributed by atoms with E-state index in [2.05, 4.69) is 5.32 Å². The first-order valence-electron chi connectivity index (χ1n) is 7.10. The van der Waals surface area contributed by atoms with E-state index < -0.39 is 11.6 Å². The lowest BCUT2D eigenvalue weighted by molar-refractivity contribution is 0.300. The Balaban J connectivity index is 1.66. The van der Waals surface area contributed by atoms with Gasteiger partial charge in [0.25, 0.3) is 0 Å². The first-order chi connectivity index (χ1) is 10.2. The summed E-state index contributed by atoms with van der Waals surface area (Å²) in [5, 5.41) is 3.43. The van der Waals surface area contributed by atoms with E-state index in [4.69, 9.17) is 4.74 Å². The van der Waals surface area contributed by atoms with Gasteiger partial charge in [-0.1, -0.05) is 18.2 Å². The van der Waals surface area contributed by atoms with Crippen LogP contribution in [0, 0.1) is 11.6 Å². The molecule has 1 aliphatic rings. The fraction of sp³-hybridized carbons (Fsp3) is 0.294. The number of nitrogens with one attached hydrogen (secondary N) is 1. The largest absolute Gasteiger partial charge is 0.489 e. The van der Waals surface area contributed by atoms with Gasteiger partial charge in [-0.25, -0.2) is 8.78 Å². The highest BCUT2D eigenvalue weighted by Gasteiger charge is 2.20. The zero-order valence-electron chi connectivity index (χ0n) is 11.6. The number of hydrogen-bond acceptors (Lipinski definition) is 2. The molecular weight excluding hydrogens is 272 g/mol. The quantitative estimate of drug-likeness (QED) is 0.873. The fourth-order valence-corrected chi connectivity index (χ4v) is 2.19. The number of ether oxygens (including phenoxy) is 1. The molecule has 0 bridgehead atoms. The number of halogens is 2. The third-order valence-corrected chi connectivity index (χ3v) is 3.45. The molecule has 21 heavy (non-hydrogen) atoms. The van der Waals surface area contributed by atoms with E-state index >= 15 is 0 Å². The van der Waals surface area contributed by atoms with Crippen LogP contribution in [0.25, 0.3) is 0 Å². The second-order valence-electron chi connectivity index (χ2n) is 5.33. The number of benzene rings is 2. The van der Waals surface area contributed by atoms with Gasteiger partial charge in [-0.15, -0.1) is 0 Å². The summed E-state index contributed by atoms with van der Waals surface area (Å²) in [7, 11) is 0. The predicted molar refractivity (Wildman–Crippen MR) is 77.0 cm³/mol. The number of hydrogen-bond donors (Lipinski definition) is 1. The molecule has 1 N–H and O–H groups in total. The van der Waals surface area contributed by atoms with Gasteiger partial charge in [0.15, 0.2) is 0 Å². The smallest absolute Gasteiger partial charge is 0.126 e. The van der Waals surface area contributed by atoms with Crippen LogP contribution < -0.4 is 10.1 Å². The Bertz CT molecular complexity index is 606. The maximum Gasteiger partial charge on any atom is 0.126 e. The predicted octanol–water partition coefficient (Wildman–Crippen LogP) is 3.80. The Morgan fingerprint density at radius 3 is 2.48 bits per heavy atom. The molecule has 0 saturated heterocycles. The highest BCUT2D eigenvalue weighted by atomic mass is 19.1.